The molecular formula is C13H15ClN4O. The molecule has 0 saturated heterocycles. The Balaban J connectivity index is 2.50. The molecule has 19 heavy (non-hydrogen) atoms. The Hall–Kier alpha value is -1.69. The molecule has 0 aliphatic carbocycles. The molecule has 0 bridgehead atoms. The Bertz CT molecular complexity index is 576. The maximum Gasteiger partial charge on any atom is 0.237 e. The lowest BCUT2D eigenvalue weighted by atomic mass is 9.99. The normalized spacial score (nSPS) is 12.2. The van der Waals surface area contributed by atoms with Gasteiger partial charge in [-0.25, -0.2) is 10.4 Å². The van der Waals surface area contributed by atoms with E-state index < -0.39 is 0 Å². The van der Waals surface area contributed by atoms with Crippen LogP contribution in [0.5, 0.6) is 5.88 Å². The second-order valence-electron chi connectivity index (χ2n) is 4.05. The van der Waals surface area contributed by atoms with Crippen LogP contribution in [0.4, 0.5) is 0 Å². The van der Waals surface area contributed by atoms with Crippen molar-refractivity contribution in [2.75, 3.05) is 7.11 Å². The highest BCUT2D eigenvalue weighted by Crippen LogP contribution is 2.29. The van der Waals surface area contributed by atoms with Gasteiger partial charge in [0.1, 0.15) is 5.69 Å². The van der Waals surface area contributed by atoms with Crippen LogP contribution in [0.3, 0.4) is 0 Å². The summed E-state index contributed by atoms with van der Waals surface area (Å²) >= 11 is 5.97. The molecule has 0 aliphatic rings. The quantitative estimate of drug-likeness (QED) is 0.661. The Morgan fingerprint density at radius 1 is 1.32 bits per heavy atom. The van der Waals surface area contributed by atoms with Gasteiger partial charge in [-0.15, -0.1) is 0 Å². The molecule has 6 heteroatoms. The Morgan fingerprint density at radius 3 is 2.68 bits per heavy atom. The van der Waals surface area contributed by atoms with E-state index in [2.05, 4.69) is 15.4 Å². The smallest absolute Gasteiger partial charge is 0.237 e. The van der Waals surface area contributed by atoms with Gasteiger partial charge in [-0.3, -0.25) is 10.8 Å². The summed E-state index contributed by atoms with van der Waals surface area (Å²) in [6, 6.07) is 5.30. The first-order valence-electron chi connectivity index (χ1n) is 5.74. The minimum absolute atomic E-state index is 0.305. The SMILES string of the molecule is COc1nccnc1C(NN)c1ccc(Cl)cc1C. The molecule has 1 aromatic heterocycles. The maximum atomic E-state index is 5.97. The second kappa shape index (κ2) is 5.97. The molecule has 3 N–H and O–H groups in total. The summed E-state index contributed by atoms with van der Waals surface area (Å²) in [5.41, 5.74) is 5.38. The Labute approximate surface area is 116 Å². The van der Waals surface area contributed by atoms with E-state index in [1.165, 1.54) is 0 Å². The van der Waals surface area contributed by atoms with Crippen molar-refractivity contribution in [3.8, 4) is 5.88 Å². The zero-order valence-corrected chi connectivity index (χ0v) is 11.5. The summed E-state index contributed by atoms with van der Waals surface area (Å²) in [7, 11) is 1.55. The first-order valence-corrected chi connectivity index (χ1v) is 6.12. The van der Waals surface area contributed by atoms with E-state index in [1.54, 1.807) is 19.5 Å². The number of halogens is 1. The molecule has 1 atom stereocenters. The highest BCUT2D eigenvalue weighted by Gasteiger charge is 2.20. The molecule has 1 aromatic carbocycles. The van der Waals surface area contributed by atoms with Gasteiger partial charge in [-0.1, -0.05) is 17.7 Å². The van der Waals surface area contributed by atoms with Crippen molar-refractivity contribution in [3.63, 3.8) is 0 Å². The molecule has 100 valence electrons. The molecular weight excluding hydrogens is 264 g/mol. The van der Waals surface area contributed by atoms with Gasteiger partial charge in [0, 0.05) is 17.4 Å². The fraction of sp³-hybridized carbons (Fsp3) is 0.231. The van der Waals surface area contributed by atoms with E-state index in [1.807, 2.05) is 25.1 Å². The van der Waals surface area contributed by atoms with Crippen LogP contribution in [0.2, 0.25) is 5.02 Å². The van der Waals surface area contributed by atoms with Gasteiger partial charge in [-0.2, -0.15) is 0 Å². The van der Waals surface area contributed by atoms with Gasteiger partial charge in [0.2, 0.25) is 5.88 Å². The van der Waals surface area contributed by atoms with E-state index >= 15 is 0 Å². The number of ether oxygens (including phenoxy) is 1. The van der Waals surface area contributed by atoms with Crippen molar-refractivity contribution in [2.24, 2.45) is 5.84 Å². The average molecular weight is 279 g/mol. The zero-order valence-electron chi connectivity index (χ0n) is 10.7. The fourth-order valence-electron chi connectivity index (χ4n) is 1.97. The van der Waals surface area contributed by atoms with Crippen LogP contribution >= 0.6 is 11.6 Å². The molecule has 0 spiro atoms. The number of aromatic nitrogens is 2. The first-order chi connectivity index (χ1) is 9.17. The lowest BCUT2D eigenvalue weighted by Gasteiger charge is -2.19. The highest BCUT2D eigenvalue weighted by molar-refractivity contribution is 6.30. The summed E-state index contributed by atoms with van der Waals surface area (Å²) in [4.78, 5) is 8.43. The summed E-state index contributed by atoms with van der Waals surface area (Å²) in [5, 5.41) is 0.683. The van der Waals surface area contributed by atoms with Crippen molar-refractivity contribution in [1.29, 1.82) is 0 Å². The number of hydrogen-bond donors (Lipinski definition) is 2. The second-order valence-corrected chi connectivity index (χ2v) is 4.49. The largest absolute Gasteiger partial charge is 0.480 e. The summed E-state index contributed by atoms with van der Waals surface area (Å²) in [6.07, 6.45) is 3.18. The topological polar surface area (TPSA) is 73.1 Å². The van der Waals surface area contributed by atoms with Gasteiger partial charge in [0.05, 0.1) is 13.2 Å². The van der Waals surface area contributed by atoms with Crippen LogP contribution in [-0.4, -0.2) is 17.1 Å². The number of nitrogens with zero attached hydrogens (tertiary/aromatic N) is 2. The van der Waals surface area contributed by atoms with Gasteiger partial charge in [0.15, 0.2) is 0 Å². The molecule has 2 rings (SSSR count). The third-order valence-electron chi connectivity index (χ3n) is 2.87. The number of rotatable bonds is 4. The van der Waals surface area contributed by atoms with E-state index in [9.17, 15) is 0 Å². The summed E-state index contributed by atoms with van der Waals surface area (Å²) < 4.78 is 5.22. The molecule has 2 aromatic rings. The van der Waals surface area contributed by atoms with Crippen molar-refractivity contribution in [1.82, 2.24) is 15.4 Å². The molecule has 0 radical (unpaired) electrons. The number of benzene rings is 1. The third kappa shape index (κ3) is 2.84. The van der Waals surface area contributed by atoms with Crippen molar-refractivity contribution in [3.05, 3.63) is 52.4 Å². The van der Waals surface area contributed by atoms with Gasteiger partial charge >= 0.3 is 0 Å². The number of nitrogens with two attached hydrogens (primary N) is 1. The van der Waals surface area contributed by atoms with E-state index in [0.29, 0.717) is 16.6 Å². The van der Waals surface area contributed by atoms with Gasteiger partial charge < -0.3 is 4.74 Å². The molecule has 0 fully saturated rings. The average Bonchev–Trinajstić information content (AvgIpc) is 2.42. The minimum atomic E-state index is -0.305. The molecule has 0 amide bonds. The maximum absolute atomic E-state index is 5.97. The van der Waals surface area contributed by atoms with Crippen LogP contribution < -0.4 is 16.0 Å². The number of methoxy groups -OCH3 is 1. The number of nitrogens with one attached hydrogen (secondary N) is 1. The predicted octanol–water partition coefficient (Wildman–Crippen LogP) is 2.00. The molecule has 1 heterocycles. The van der Waals surface area contributed by atoms with Crippen LogP contribution in [-0.2, 0) is 0 Å². The van der Waals surface area contributed by atoms with Crippen LogP contribution in [0.25, 0.3) is 0 Å². The van der Waals surface area contributed by atoms with E-state index in [0.717, 1.165) is 11.1 Å². The van der Waals surface area contributed by atoms with Crippen LogP contribution in [0, 0.1) is 6.92 Å². The van der Waals surface area contributed by atoms with Gasteiger partial charge in [0.25, 0.3) is 0 Å². The van der Waals surface area contributed by atoms with E-state index in [4.69, 9.17) is 22.2 Å². The minimum Gasteiger partial charge on any atom is -0.480 e. The number of aryl methyl sites for hydroxylation is 1. The van der Waals surface area contributed by atoms with Crippen molar-refractivity contribution >= 4 is 11.6 Å². The first kappa shape index (κ1) is 13.7. The van der Waals surface area contributed by atoms with Gasteiger partial charge in [-0.05, 0) is 30.2 Å². The van der Waals surface area contributed by atoms with Crippen molar-refractivity contribution in [2.45, 2.75) is 13.0 Å². The predicted molar refractivity (Wildman–Crippen MR) is 73.9 cm³/mol. The Kier molecular flexibility index (Phi) is 4.31. The number of hydrazine groups is 1. The lowest BCUT2D eigenvalue weighted by Crippen LogP contribution is -2.30. The molecule has 1 unspecified atom stereocenters. The van der Waals surface area contributed by atoms with Crippen LogP contribution in [0.15, 0.2) is 30.6 Å². The monoisotopic (exact) mass is 278 g/mol. The van der Waals surface area contributed by atoms with E-state index in [-0.39, 0.29) is 6.04 Å². The standard InChI is InChI=1S/C13H15ClN4O/c1-8-7-9(14)3-4-10(8)11(18-15)12-13(19-2)17-6-5-16-12/h3-7,11,18H,15H2,1-2H3. The fourth-order valence-corrected chi connectivity index (χ4v) is 2.20. The molecule has 5 nitrogen and oxygen atoms in total. The van der Waals surface area contributed by atoms with Crippen molar-refractivity contribution < 1.29 is 4.74 Å². The summed E-state index contributed by atoms with van der Waals surface area (Å²) in [5.74, 6) is 6.11. The molecule has 0 aliphatic heterocycles. The third-order valence-corrected chi connectivity index (χ3v) is 3.10. The zero-order chi connectivity index (χ0) is 13.8. The highest BCUT2D eigenvalue weighted by atomic mass is 35.5. The number of hydrogen-bond acceptors (Lipinski definition) is 5. The summed E-state index contributed by atoms with van der Waals surface area (Å²) in [6.45, 7) is 1.97. The van der Waals surface area contributed by atoms with Crippen LogP contribution in [0.1, 0.15) is 22.9 Å². The molecule has 0 saturated carbocycles. The Morgan fingerprint density at radius 2 is 2.05 bits per heavy atom. The lowest BCUT2D eigenvalue weighted by molar-refractivity contribution is 0.383.